The van der Waals surface area contributed by atoms with Gasteiger partial charge in [-0.2, -0.15) is 0 Å². The molecule has 0 amide bonds. The van der Waals surface area contributed by atoms with Crippen LogP contribution < -0.4 is 10.2 Å². The minimum atomic E-state index is 0. The van der Waals surface area contributed by atoms with Crippen LogP contribution in [0.3, 0.4) is 0 Å². The Kier molecular flexibility index (Phi) is 5.65. The van der Waals surface area contributed by atoms with Crippen LogP contribution in [-0.2, 0) is 0 Å². The van der Waals surface area contributed by atoms with Gasteiger partial charge < -0.3 is 10.2 Å². The topological polar surface area (TPSA) is 53.9 Å². The third-order valence-corrected chi connectivity index (χ3v) is 4.89. The second-order valence-electron chi connectivity index (χ2n) is 6.47. The zero-order valence-corrected chi connectivity index (χ0v) is 14.9. The Balaban J connectivity index is 0.000000960. The molecule has 0 radical (unpaired) electrons. The van der Waals surface area contributed by atoms with Crippen molar-refractivity contribution in [3.63, 3.8) is 0 Å². The fraction of sp³-hybridized carbons (Fsp3) is 0.562. The van der Waals surface area contributed by atoms with Gasteiger partial charge in [0, 0.05) is 30.7 Å². The lowest BCUT2D eigenvalue weighted by Crippen LogP contribution is -2.45. The van der Waals surface area contributed by atoms with Gasteiger partial charge in [-0.15, -0.1) is 24.8 Å². The summed E-state index contributed by atoms with van der Waals surface area (Å²) in [5.41, 5.74) is 3.34. The average Bonchev–Trinajstić information content (AvgIpc) is 2.94. The predicted molar refractivity (Wildman–Crippen MR) is 97.9 cm³/mol. The number of rotatable bonds is 1. The van der Waals surface area contributed by atoms with Crippen molar-refractivity contribution in [3.8, 4) is 0 Å². The minimum Gasteiger partial charge on any atom is -0.354 e. The van der Waals surface area contributed by atoms with E-state index in [0.29, 0.717) is 5.41 Å². The van der Waals surface area contributed by atoms with E-state index in [2.05, 4.69) is 25.2 Å². The number of nitrogens with zero attached hydrogens (tertiary/aromatic N) is 4. The van der Waals surface area contributed by atoms with Crippen LogP contribution in [0.15, 0.2) is 18.5 Å². The summed E-state index contributed by atoms with van der Waals surface area (Å²) in [5, 5.41) is 3.53. The lowest BCUT2D eigenvalue weighted by Gasteiger charge is -2.40. The maximum absolute atomic E-state index is 4.68. The third-order valence-electron chi connectivity index (χ3n) is 4.89. The molecule has 2 saturated heterocycles. The Morgan fingerprint density at radius 1 is 1.17 bits per heavy atom. The molecule has 4 heterocycles. The monoisotopic (exact) mass is 355 g/mol. The molecule has 1 spiro atoms. The summed E-state index contributed by atoms with van der Waals surface area (Å²) in [6.07, 6.45) is 5.51. The van der Waals surface area contributed by atoms with Crippen molar-refractivity contribution >= 4 is 41.7 Å². The molecule has 1 unspecified atom stereocenters. The van der Waals surface area contributed by atoms with Gasteiger partial charge in [0.15, 0.2) is 5.82 Å². The molecule has 23 heavy (non-hydrogen) atoms. The van der Waals surface area contributed by atoms with Crippen LogP contribution in [0.4, 0.5) is 5.82 Å². The Hall–Kier alpha value is -1.17. The molecule has 0 bridgehead atoms. The van der Waals surface area contributed by atoms with Gasteiger partial charge in [-0.25, -0.2) is 15.0 Å². The van der Waals surface area contributed by atoms with Crippen LogP contribution in [-0.4, -0.2) is 41.1 Å². The van der Waals surface area contributed by atoms with Crippen molar-refractivity contribution in [2.24, 2.45) is 5.41 Å². The van der Waals surface area contributed by atoms with Gasteiger partial charge in [0.05, 0.1) is 5.52 Å². The molecule has 2 aromatic heterocycles. The van der Waals surface area contributed by atoms with E-state index in [1.165, 1.54) is 19.3 Å². The fourth-order valence-electron chi connectivity index (χ4n) is 3.79. The van der Waals surface area contributed by atoms with Crippen LogP contribution in [0, 0.1) is 12.3 Å². The van der Waals surface area contributed by atoms with Gasteiger partial charge >= 0.3 is 0 Å². The van der Waals surface area contributed by atoms with E-state index in [0.717, 1.165) is 48.7 Å². The van der Waals surface area contributed by atoms with Gasteiger partial charge in [-0.1, -0.05) is 0 Å². The molecular formula is C16H23Cl2N5. The number of aryl methyl sites for hydroxylation is 1. The number of halogens is 2. The number of pyridine rings is 1. The summed E-state index contributed by atoms with van der Waals surface area (Å²) >= 11 is 0. The number of anilines is 1. The molecule has 2 aromatic rings. The maximum Gasteiger partial charge on any atom is 0.158 e. The minimum absolute atomic E-state index is 0. The maximum atomic E-state index is 4.68. The Morgan fingerprint density at radius 3 is 2.83 bits per heavy atom. The van der Waals surface area contributed by atoms with Gasteiger partial charge in [-0.05, 0) is 44.9 Å². The third kappa shape index (κ3) is 3.37. The predicted octanol–water partition coefficient (Wildman–Crippen LogP) is 2.76. The second kappa shape index (κ2) is 7.16. The van der Waals surface area contributed by atoms with Crippen LogP contribution >= 0.6 is 24.8 Å². The van der Waals surface area contributed by atoms with E-state index in [-0.39, 0.29) is 24.8 Å². The molecule has 2 aliphatic rings. The molecule has 2 aliphatic heterocycles. The summed E-state index contributed by atoms with van der Waals surface area (Å²) < 4.78 is 0. The van der Waals surface area contributed by atoms with Gasteiger partial charge in [-0.3, -0.25) is 0 Å². The first-order chi connectivity index (χ1) is 10.3. The van der Waals surface area contributed by atoms with Crippen molar-refractivity contribution in [1.82, 2.24) is 20.3 Å². The van der Waals surface area contributed by atoms with E-state index in [4.69, 9.17) is 0 Å². The van der Waals surface area contributed by atoms with Crippen molar-refractivity contribution in [1.29, 1.82) is 0 Å². The molecule has 2 fully saturated rings. The Bertz CT molecular complexity index is 673. The Labute approximate surface area is 149 Å². The van der Waals surface area contributed by atoms with Crippen LogP contribution in [0.5, 0.6) is 0 Å². The van der Waals surface area contributed by atoms with E-state index in [1.54, 1.807) is 6.33 Å². The van der Waals surface area contributed by atoms with Crippen LogP contribution in [0.25, 0.3) is 11.0 Å². The zero-order chi connectivity index (χ0) is 14.3. The Morgan fingerprint density at radius 2 is 2.04 bits per heavy atom. The molecule has 1 N–H and O–H groups in total. The van der Waals surface area contributed by atoms with E-state index < -0.39 is 0 Å². The zero-order valence-electron chi connectivity index (χ0n) is 13.3. The fourth-order valence-corrected chi connectivity index (χ4v) is 3.79. The largest absolute Gasteiger partial charge is 0.354 e. The number of nitrogens with one attached hydrogen (secondary N) is 1. The molecule has 126 valence electrons. The number of piperidine rings is 1. The standard InChI is InChI=1S/C16H21N5.2ClH/c1-12-3-4-13-14(20-12)15(19-11-18-13)21-8-2-5-16(10-21)6-7-17-9-16;;/h3-4,11,17H,2,5-10H2,1H3;2*1H. The first-order valence-corrected chi connectivity index (χ1v) is 7.80. The van der Waals surface area contributed by atoms with Crippen LogP contribution in [0.1, 0.15) is 25.0 Å². The van der Waals surface area contributed by atoms with Gasteiger partial charge in [0.2, 0.25) is 0 Å². The summed E-state index contributed by atoms with van der Waals surface area (Å²) in [6, 6.07) is 4.05. The van der Waals surface area contributed by atoms with Crippen LogP contribution in [0.2, 0.25) is 0 Å². The molecular weight excluding hydrogens is 333 g/mol. The molecule has 0 aliphatic carbocycles. The number of hydrogen-bond donors (Lipinski definition) is 1. The highest BCUT2D eigenvalue weighted by Gasteiger charge is 2.38. The van der Waals surface area contributed by atoms with Crippen molar-refractivity contribution in [2.45, 2.75) is 26.2 Å². The molecule has 5 nitrogen and oxygen atoms in total. The SMILES string of the molecule is Cc1ccc2ncnc(N3CCCC4(CCNC4)C3)c2n1.Cl.Cl. The summed E-state index contributed by atoms with van der Waals surface area (Å²) in [7, 11) is 0. The number of hydrogen-bond acceptors (Lipinski definition) is 5. The molecule has 1 atom stereocenters. The lowest BCUT2D eigenvalue weighted by atomic mass is 9.79. The van der Waals surface area contributed by atoms with Crippen molar-refractivity contribution < 1.29 is 0 Å². The highest BCUT2D eigenvalue weighted by atomic mass is 35.5. The van der Waals surface area contributed by atoms with Crippen molar-refractivity contribution in [2.75, 3.05) is 31.1 Å². The molecule has 7 heteroatoms. The van der Waals surface area contributed by atoms with E-state index in [9.17, 15) is 0 Å². The normalized spacial score (nSPS) is 23.6. The number of aromatic nitrogens is 3. The number of fused-ring (bicyclic) bond motifs is 1. The first kappa shape index (κ1) is 18.2. The molecule has 0 saturated carbocycles. The summed E-state index contributed by atoms with van der Waals surface area (Å²) in [5.74, 6) is 1.01. The lowest BCUT2D eigenvalue weighted by molar-refractivity contribution is 0.260. The first-order valence-electron chi connectivity index (χ1n) is 7.80. The van der Waals surface area contributed by atoms with Gasteiger partial charge in [0.25, 0.3) is 0 Å². The highest BCUT2D eigenvalue weighted by molar-refractivity contribution is 5.86. The van der Waals surface area contributed by atoms with Gasteiger partial charge in [0.1, 0.15) is 11.8 Å². The smallest absolute Gasteiger partial charge is 0.158 e. The second-order valence-corrected chi connectivity index (χ2v) is 6.47. The summed E-state index contributed by atoms with van der Waals surface area (Å²) in [6.45, 7) is 6.47. The van der Waals surface area contributed by atoms with Crippen molar-refractivity contribution in [3.05, 3.63) is 24.2 Å². The average molecular weight is 356 g/mol. The summed E-state index contributed by atoms with van der Waals surface area (Å²) in [4.78, 5) is 16.0. The quantitative estimate of drug-likeness (QED) is 0.852. The molecule has 4 rings (SSSR count). The van der Waals surface area contributed by atoms with E-state index >= 15 is 0 Å². The molecule has 0 aromatic carbocycles. The van der Waals surface area contributed by atoms with E-state index in [1.807, 2.05) is 19.1 Å². The highest BCUT2D eigenvalue weighted by Crippen LogP contribution is 2.37.